The van der Waals surface area contributed by atoms with E-state index < -0.39 is 0 Å². The number of thiophene rings is 1. The molecular weight excluding hydrogens is 242 g/mol. The fourth-order valence-electron chi connectivity index (χ4n) is 2.24. The van der Waals surface area contributed by atoms with Crippen LogP contribution in [0.15, 0.2) is 17.6 Å². The lowest BCUT2D eigenvalue weighted by atomic mass is 10.1. The molecule has 2 aromatic rings. The standard InChI is InChI=1S/C14H21N3S/c1-5-12-6-7-18-14(12)8-15-10(2)13-9-17(4)16-11(13)3/h6-7,9-10,15H,5,8H2,1-4H3. The second-order valence-corrected chi connectivity index (χ2v) is 5.67. The number of hydrogen-bond donors (Lipinski definition) is 1. The van der Waals surface area contributed by atoms with Gasteiger partial charge in [0.25, 0.3) is 0 Å². The van der Waals surface area contributed by atoms with Crippen molar-refractivity contribution in [3.8, 4) is 0 Å². The Balaban J connectivity index is 2.00. The number of aromatic nitrogens is 2. The molecule has 0 aliphatic rings. The van der Waals surface area contributed by atoms with Gasteiger partial charge in [-0.05, 0) is 37.3 Å². The summed E-state index contributed by atoms with van der Waals surface area (Å²) in [5.74, 6) is 0. The van der Waals surface area contributed by atoms with E-state index in [9.17, 15) is 0 Å². The van der Waals surface area contributed by atoms with E-state index >= 15 is 0 Å². The maximum absolute atomic E-state index is 4.39. The van der Waals surface area contributed by atoms with Gasteiger partial charge in [-0.3, -0.25) is 4.68 Å². The van der Waals surface area contributed by atoms with Crippen molar-refractivity contribution in [2.24, 2.45) is 7.05 Å². The van der Waals surface area contributed by atoms with Crippen molar-refractivity contribution in [1.29, 1.82) is 0 Å². The first-order valence-corrected chi connectivity index (χ1v) is 7.28. The van der Waals surface area contributed by atoms with Gasteiger partial charge in [0.1, 0.15) is 0 Å². The van der Waals surface area contributed by atoms with E-state index in [0.29, 0.717) is 6.04 Å². The van der Waals surface area contributed by atoms with Crippen LogP contribution in [0.1, 0.15) is 41.6 Å². The Morgan fingerprint density at radius 3 is 2.89 bits per heavy atom. The number of nitrogens with one attached hydrogen (secondary N) is 1. The second-order valence-electron chi connectivity index (χ2n) is 4.67. The fraction of sp³-hybridized carbons (Fsp3) is 0.500. The van der Waals surface area contributed by atoms with Crippen LogP contribution in [0.25, 0.3) is 0 Å². The lowest BCUT2D eigenvalue weighted by Crippen LogP contribution is -2.18. The van der Waals surface area contributed by atoms with E-state index in [2.05, 4.69) is 48.8 Å². The Labute approximate surface area is 113 Å². The highest BCUT2D eigenvalue weighted by atomic mass is 32.1. The van der Waals surface area contributed by atoms with Crippen molar-refractivity contribution < 1.29 is 0 Å². The first-order chi connectivity index (χ1) is 8.61. The lowest BCUT2D eigenvalue weighted by molar-refractivity contribution is 0.574. The first kappa shape index (κ1) is 13.3. The highest BCUT2D eigenvalue weighted by Crippen LogP contribution is 2.20. The molecule has 2 rings (SSSR count). The van der Waals surface area contributed by atoms with E-state index in [0.717, 1.165) is 18.7 Å². The van der Waals surface area contributed by atoms with Gasteiger partial charge < -0.3 is 5.32 Å². The van der Waals surface area contributed by atoms with Crippen molar-refractivity contribution in [2.45, 2.75) is 39.8 Å². The molecule has 0 fully saturated rings. The van der Waals surface area contributed by atoms with Gasteiger partial charge in [-0.15, -0.1) is 11.3 Å². The maximum atomic E-state index is 4.39. The van der Waals surface area contributed by atoms with Crippen molar-refractivity contribution >= 4 is 11.3 Å². The van der Waals surface area contributed by atoms with Crippen LogP contribution in [-0.4, -0.2) is 9.78 Å². The minimum Gasteiger partial charge on any atom is -0.305 e. The molecule has 0 saturated heterocycles. The van der Waals surface area contributed by atoms with E-state index in [1.807, 2.05) is 23.1 Å². The third-order valence-electron chi connectivity index (χ3n) is 3.31. The van der Waals surface area contributed by atoms with E-state index in [-0.39, 0.29) is 0 Å². The molecule has 0 aliphatic heterocycles. The average molecular weight is 263 g/mol. The molecule has 0 radical (unpaired) electrons. The molecule has 2 heterocycles. The van der Waals surface area contributed by atoms with E-state index in [4.69, 9.17) is 0 Å². The molecule has 18 heavy (non-hydrogen) atoms. The van der Waals surface area contributed by atoms with Crippen LogP contribution in [0.3, 0.4) is 0 Å². The number of hydrogen-bond acceptors (Lipinski definition) is 3. The summed E-state index contributed by atoms with van der Waals surface area (Å²) in [6.45, 7) is 7.41. The van der Waals surface area contributed by atoms with Crippen molar-refractivity contribution in [2.75, 3.05) is 0 Å². The summed E-state index contributed by atoms with van der Waals surface area (Å²) >= 11 is 1.84. The molecular formula is C14H21N3S. The topological polar surface area (TPSA) is 29.9 Å². The molecule has 2 aromatic heterocycles. The summed E-state index contributed by atoms with van der Waals surface area (Å²) in [5, 5.41) is 10.2. The first-order valence-electron chi connectivity index (χ1n) is 6.40. The smallest absolute Gasteiger partial charge is 0.0641 e. The molecule has 0 saturated carbocycles. The summed E-state index contributed by atoms with van der Waals surface area (Å²) in [5.41, 5.74) is 3.86. The molecule has 1 unspecified atom stereocenters. The molecule has 0 amide bonds. The van der Waals surface area contributed by atoms with Crippen LogP contribution in [0.4, 0.5) is 0 Å². The normalized spacial score (nSPS) is 12.9. The van der Waals surface area contributed by atoms with Crippen LogP contribution in [0, 0.1) is 6.92 Å². The Hall–Kier alpha value is -1.13. The average Bonchev–Trinajstić information content (AvgIpc) is 2.92. The predicted molar refractivity (Wildman–Crippen MR) is 76.9 cm³/mol. The SMILES string of the molecule is CCc1ccsc1CNC(C)c1cn(C)nc1C. The van der Waals surface area contributed by atoms with E-state index in [1.165, 1.54) is 16.0 Å². The van der Waals surface area contributed by atoms with Gasteiger partial charge in [-0.2, -0.15) is 5.10 Å². The monoisotopic (exact) mass is 263 g/mol. The predicted octanol–water partition coefficient (Wildman–Crippen LogP) is 3.20. The molecule has 98 valence electrons. The quantitative estimate of drug-likeness (QED) is 0.897. The summed E-state index contributed by atoms with van der Waals surface area (Å²) < 4.78 is 1.88. The Morgan fingerprint density at radius 1 is 1.50 bits per heavy atom. The summed E-state index contributed by atoms with van der Waals surface area (Å²) in [6, 6.07) is 2.56. The Kier molecular flexibility index (Phi) is 4.19. The van der Waals surface area contributed by atoms with Gasteiger partial charge in [0.05, 0.1) is 5.69 Å². The zero-order chi connectivity index (χ0) is 13.1. The molecule has 0 aliphatic carbocycles. The molecule has 1 N–H and O–H groups in total. The van der Waals surface area contributed by atoms with Crippen LogP contribution < -0.4 is 5.32 Å². The fourth-order valence-corrected chi connectivity index (χ4v) is 3.16. The van der Waals surface area contributed by atoms with E-state index in [1.54, 1.807) is 0 Å². The van der Waals surface area contributed by atoms with Crippen LogP contribution in [0.5, 0.6) is 0 Å². The zero-order valence-electron chi connectivity index (χ0n) is 11.5. The third kappa shape index (κ3) is 2.82. The lowest BCUT2D eigenvalue weighted by Gasteiger charge is -2.13. The Morgan fingerprint density at radius 2 is 2.28 bits per heavy atom. The van der Waals surface area contributed by atoms with Gasteiger partial charge in [0.15, 0.2) is 0 Å². The number of rotatable bonds is 5. The van der Waals surface area contributed by atoms with Crippen molar-refractivity contribution in [3.63, 3.8) is 0 Å². The van der Waals surface area contributed by atoms with Crippen LogP contribution >= 0.6 is 11.3 Å². The molecule has 4 heteroatoms. The molecule has 1 atom stereocenters. The molecule has 0 spiro atoms. The summed E-state index contributed by atoms with van der Waals surface area (Å²) in [6.07, 6.45) is 3.21. The van der Waals surface area contributed by atoms with Gasteiger partial charge >= 0.3 is 0 Å². The number of aryl methyl sites for hydroxylation is 3. The van der Waals surface area contributed by atoms with Gasteiger partial charge in [-0.1, -0.05) is 6.92 Å². The molecule has 3 nitrogen and oxygen atoms in total. The number of nitrogens with zero attached hydrogens (tertiary/aromatic N) is 2. The minimum absolute atomic E-state index is 0.338. The zero-order valence-corrected chi connectivity index (χ0v) is 12.3. The highest BCUT2D eigenvalue weighted by molar-refractivity contribution is 7.10. The van der Waals surface area contributed by atoms with Gasteiger partial charge in [-0.25, -0.2) is 0 Å². The second kappa shape index (κ2) is 5.67. The molecule has 0 bridgehead atoms. The van der Waals surface area contributed by atoms with Crippen LogP contribution in [-0.2, 0) is 20.0 Å². The maximum Gasteiger partial charge on any atom is 0.0641 e. The molecule has 0 aromatic carbocycles. The van der Waals surface area contributed by atoms with Crippen LogP contribution in [0.2, 0.25) is 0 Å². The van der Waals surface area contributed by atoms with Crippen molar-refractivity contribution in [3.05, 3.63) is 39.3 Å². The van der Waals surface area contributed by atoms with Gasteiger partial charge in [0.2, 0.25) is 0 Å². The Bertz CT molecular complexity index is 513. The van der Waals surface area contributed by atoms with Gasteiger partial charge in [0, 0.05) is 36.3 Å². The third-order valence-corrected chi connectivity index (χ3v) is 4.27. The van der Waals surface area contributed by atoms with Crippen molar-refractivity contribution in [1.82, 2.24) is 15.1 Å². The minimum atomic E-state index is 0.338. The summed E-state index contributed by atoms with van der Waals surface area (Å²) in [7, 11) is 1.97. The highest BCUT2D eigenvalue weighted by Gasteiger charge is 2.12. The largest absolute Gasteiger partial charge is 0.305 e. The summed E-state index contributed by atoms with van der Waals surface area (Å²) in [4.78, 5) is 1.45.